The number of carboxylic acid groups (broad SMARTS) is 1. The SMILES string of the molecule is CC(C)(CCC(=O)O)NS(=O)(=O)Cc1c(F)cccc1Cl. The Balaban J connectivity index is 2.85. The lowest BCUT2D eigenvalue weighted by Gasteiger charge is -2.25. The van der Waals surface area contributed by atoms with Gasteiger partial charge in [0, 0.05) is 22.5 Å². The highest BCUT2D eigenvalue weighted by Gasteiger charge is 2.27. The van der Waals surface area contributed by atoms with E-state index in [0.29, 0.717) is 0 Å². The van der Waals surface area contributed by atoms with E-state index in [-0.39, 0.29) is 23.4 Å². The van der Waals surface area contributed by atoms with Crippen LogP contribution >= 0.6 is 11.6 Å². The number of hydrogen-bond acceptors (Lipinski definition) is 3. The van der Waals surface area contributed by atoms with Crippen molar-refractivity contribution in [3.05, 3.63) is 34.6 Å². The molecule has 0 spiro atoms. The Bertz CT molecular complexity index is 611. The van der Waals surface area contributed by atoms with Crippen LogP contribution in [0.25, 0.3) is 0 Å². The number of hydrogen-bond donors (Lipinski definition) is 2. The fourth-order valence-electron chi connectivity index (χ4n) is 1.79. The lowest BCUT2D eigenvalue weighted by Crippen LogP contribution is -2.44. The molecule has 0 amide bonds. The maximum absolute atomic E-state index is 13.6. The molecular formula is C13H17ClFNO4S. The van der Waals surface area contributed by atoms with E-state index in [9.17, 15) is 17.6 Å². The smallest absolute Gasteiger partial charge is 0.303 e. The molecule has 1 aromatic carbocycles. The number of nitrogens with one attached hydrogen (secondary N) is 1. The van der Waals surface area contributed by atoms with Crippen molar-refractivity contribution in [3.8, 4) is 0 Å². The van der Waals surface area contributed by atoms with Crippen LogP contribution in [0.4, 0.5) is 4.39 Å². The molecule has 0 atom stereocenters. The van der Waals surface area contributed by atoms with Crippen LogP contribution in [0.15, 0.2) is 18.2 Å². The van der Waals surface area contributed by atoms with E-state index in [1.165, 1.54) is 12.1 Å². The highest BCUT2D eigenvalue weighted by Crippen LogP contribution is 2.22. The fraction of sp³-hybridized carbons (Fsp3) is 0.462. The van der Waals surface area contributed by atoms with Crippen molar-refractivity contribution in [2.75, 3.05) is 0 Å². The summed E-state index contributed by atoms with van der Waals surface area (Å²) in [5.74, 6) is -2.31. The molecule has 0 aromatic heterocycles. The molecule has 2 N–H and O–H groups in total. The first-order chi connectivity index (χ1) is 9.52. The van der Waals surface area contributed by atoms with Crippen LogP contribution in [0.2, 0.25) is 5.02 Å². The fourth-order valence-corrected chi connectivity index (χ4v) is 3.79. The molecular weight excluding hydrogens is 321 g/mol. The number of aliphatic carboxylic acids is 1. The van der Waals surface area contributed by atoms with E-state index in [1.54, 1.807) is 13.8 Å². The molecule has 0 saturated heterocycles. The van der Waals surface area contributed by atoms with Gasteiger partial charge in [0.1, 0.15) is 5.82 Å². The summed E-state index contributed by atoms with van der Waals surface area (Å²) in [6.07, 6.45) is -0.0530. The molecule has 0 fully saturated rings. The zero-order valence-electron chi connectivity index (χ0n) is 11.7. The molecule has 0 heterocycles. The summed E-state index contributed by atoms with van der Waals surface area (Å²) in [7, 11) is -3.85. The Labute approximate surface area is 128 Å². The molecule has 118 valence electrons. The summed E-state index contributed by atoms with van der Waals surface area (Å²) in [5, 5.41) is 8.67. The van der Waals surface area contributed by atoms with E-state index >= 15 is 0 Å². The van der Waals surface area contributed by atoms with Crippen molar-refractivity contribution in [1.82, 2.24) is 4.72 Å². The summed E-state index contributed by atoms with van der Waals surface area (Å²) in [5.41, 5.74) is -1.06. The van der Waals surface area contributed by atoms with Gasteiger partial charge in [-0.25, -0.2) is 17.5 Å². The van der Waals surface area contributed by atoms with Gasteiger partial charge in [-0.1, -0.05) is 17.7 Å². The quantitative estimate of drug-likeness (QED) is 0.801. The number of benzene rings is 1. The molecule has 0 aliphatic carbocycles. The van der Waals surface area contributed by atoms with Crippen LogP contribution < -0.4 is 4.72 Å². The predicted octanol–water partition coefficient (Wildman–Crippen LogP) is 2.54. The van der Waals surface area contributed by atoms with Gasteiger partial charge in [0.2, 0.25) is 10.0 Å². The number of rotatable bonds is 7. The number of sulfonamides is 1. The minimum Gasteiger partial charge on any atom is -0.481 e. The first-order valence-electron chi connectivity index (χ1n) is 6.19. The number of carboxylic acids is 1. The first kappa shape index (κ1) is 17.9. The van der Waals surface area contributed by atoms with Crippen LogP contribution in [-0.4, -0.2) is 25.0 Å². The van der Waals surface area contributed by atoms with Gasteiger partial charge in [0.25, 0.3) is 0 Å². The highest BCUT2D eigenvalue weighted by molar-refractivity contribution is 7.88. The molecule has 0 aliphatic heterocycles. The molecule has 0 unspecified atom stereocenters. The van der Waals surface area contributed by atoms with Gasteiger partial charge in [-0.15, -0.1) is 0 Å². The summed E-state index contributed by atoms with van der Waals surface area (Å²) >= 11 is 5.80. The Morgan fingerprint density at radius 3 is 2.57 bits per heavy atom. The van der Waals surface area contributed by atoms with Crippen molar-refractivity contribution in [1.29, 1.82) is 0 Å². The standard InChI is InChI=1S/C13H17ClFNO4S/c1-13(2,7-6-12(17)18)16-21(19,20)8-9-10(14)4-3-5-11(9)15/h3-5,16H,6-8H2,1-2H3,(H,17,18). The molecule has 0 aliphatic rings. The van der Waals surface area contributed by atoms with Gasteiger partial charge in [0.15, 0.2) is 0 Å². The molecule has 8 heteroatoms. The lowest BCUT2D eigenvalue weighted by molar-refractivity contribution is -0.137. The second kappa shape index (κ2) is 6.72. The molecule has 1 aromatic rings. The van der Waals surface area contributed by atoms with Gasteiger partial charge in [-0.05, 0) is 32.4 Å². The number of halogens is 2. The van der Waals surface area contributed by atoms with Crippen molar-refractivity contribution in [2.45, 2.75) is 38.0 Å². The zero-order valence-corrected chi connectivity index (χ0v) is 13.3. The van der Waals surface area contributed by atoms with Gasteiger partial charge in [-0.2, -0.15) is 0 Å². The van der Waals surface area contributed by atoms with Crippen LogP contribution in [0.1, 0.15) is 32.3 Å². The van der Waals surface area contributed by atoms with Crippen LogP contribution in [0.5, 0.6) is 0 Å². The summed E-state index contributed by atoms with van der Waals surface area (Å²) in [6, 6.07) is 3.93. The lowest BCUT2D eigenvalue weighted by atomic mass is 10.0. The number of carbonyl (C=O) groups is 1. The molecule has 21 heavy (non-hydrogen) atoms. The van der Waals surface area contributed by atoms with Crippen LogP contribution in [-0.2, 0) is 20.6 Å². The summed E-state index contributed by atoms with van der Waals surface area (Å²) < 4.78 is 40.1. The van der Waals surface area contributed by atoms with Crippen LogP contribution in [0.3, 0.4) is 0 Å². The average molecular weight is 338 g/mol. The van der Waals surface area contributed by atoms with E-state index in [4.69, 9.17) is 16.7 Å². The third kappa shape index (κ3) is 5.99. The van der Waals surface area contributed by atoms with E-state index in [2.05, 4.69) is 4.72 Å². The average Bonchev–Trinajstić information content (AvgIpc) is 2.30. The minimum atomic E-state index is -3.85. The van der Waals surface area contributed by atoms with Gasteiger partial charge >= 0.3 is 5.97 Å². The van der Waals surface area contributed by atoms with Crippen molar-refractivity contribution >= 4 is 27.6 Å². The topological polar surface area (TPSA) is 83.5 Å². The normalized spacial score (nSPS) is 12.4. The van der Waals surface area contributed by atoms with Crippen LogP contribution in [0, 0.1) is 5.82 Å². The van der Waals surface area contributed by atoms with Crippen molar-refractivity contribution < 1.29 is 22.7 Å². The monoisotopic (exact) mass is 337 g/mol. The zero-order chi connectivity index (χ0) is 16.3. The van der Waals surface area contributed by atoms with E-state index in [0.717, 1.165) is 6.07 Å². The Kier molecular flexibility index (Phi) is 5.72. The highest BCUT2D eigenvalue weighted by atomic mass is 35.5. The molecule has 0 radical (unpaired) electrons. The predicted molar refractivity (Wildman–Crippen MR) is 78.1 cm³/mol. The minimum absolute atomic E-state index is 0.0312. The second-order valence-electron chi connectivity index (χ2n) is 5.34. The third-order valence-electron chi connectivity index (χ3n) is 2.79. The Morgan fingerprint density at radius 1 is 1.43 bits per heavy atom. The maximum atomic E-state index is 13.6. The summed E-state index contributed by atoms with van der Waals surface area (Å²) in [6.45, 7) is 3.13. The molecule has 0 bridgehead atoms. The van der Waals surface area contributed by atoms with Gasteiger partial charge in [-0.3, -0.25) is 4.79 Å². The molecule has 1 rings (SSSR count). The molecule has 0 saturated carbocycles. The Morgan fingerprint density at radius 2 is 2.05 bits per heavy atom. The second-order valence-corrected chi connectivity index (χ2v) is 7.47. The largest absolute Gasteiger partial charge is 0.481 e. The van der Waals surface area contributed by atoms with Crippen molar-refractivity contribution in [3.63, 3.8) is 0 Å². The van der Waals surface area contributed by atoms with Gasteiger partial charge < -0.3 is 5.11 Å². The van der Waals surface area contributed by atoms with E-state index < -0.39 is 33.1 Å². The first-order valence-corrected chi connectivity index (χ1v) is 8.22. The van der Waals surface area contributed by atoms with Gasteiger partial charge in [0.05, 0.1) is 5.75 Å². The Hall–Kier alpha value is -1.18. The maximum Gasteiger partial charge on any atom is 0.303 e. The summed E-state index contributed by atoms with van der Waals surface area (Å²) in [4.78, 5) is 10.5. The van der Waals surface area contributed by atoms with Crippen molar-refractivity contribution in [2.24, 2.45) is 0 Å². The molecule has 5 nitrogen and oxygen atoms in total. The van der Waals surface area contributed by atoms with E-state index in [1.807, 2.05) is 0 Å². The third-order valence-corrected chi connectivity index (χ3v) is 4.68.